The zero-order chi connectivity index (χ0) is 34.6. The number of benzene rings is 8. The van der Waals surface area contributed by atoms with E-state index in [0.717, 1.165) is 22.7 Å². The lowest BCUT2D eigenvalue weighted by Gasteiger charge is -2.31. The summed E-state index contributed by atoms with van der Waals surface area (Å²) < 4.78 is 0. The predicted octanol–water partition coefficient (Wildman–Crippen LogP) is 12.9. The van der Waals surface area contributed by atoms with Crippen LogP contribution in [0.1, 0.15) is 22.3 Å². The van der Waals surface area contributed by atoms with Crippen molar-refractivity contribution in [3.05, 3.63) is 222 Å². The molecule has 52 heavy (non-hydrogen) atoms. The van der Waals surface area contributed by atoms with Crippen LogP contribution in [0.3, 0.4) is 0 Å². The molecule has 10 rings (SSSR count). The SMILES string of the molecule is CN(c1ccc(-c2ccc(N(c3ccccc3)c3ccccc3)cc2)cc1)c1ccc2c(c1)C1(c3ccccc3-c3ccccc31)c1ccccc1-2. The van der Waals surface area contributed by atoms with Gasteiger partial charge in [-0.2, -0.15) is 0 Å². The number of para-hydroxylation sites is 2. The minimum atomic E-state index is -0.345. The minimum absolute atomic E-state index is 0.345. The van der Waals surface area contributed by atoms with E-state index in [1.54, 1.807) is 0 Å². The van der Waals surface area contributed by atoms with Gasteiger partial charge in [-0.1, -0.05) is 140 Å². The van der Waals surface area contributed by atoms with Gasteiger partial charge in [-0.15, -0.1) is 0 Å². The third kappa shape index (κ3) is 4.51. The van der Waals surface area contributed by atoms with Crippen LogP contribution in [-0.2, 0) is 5.41 Å². The van der Waals surface area contributed by atoms with Crippen molar-refractivity contribution < 1.29 is 0 Å². The highest BCUT2D eigenvalue weighted by Crippen LogP contribution is 2.63. The number of rotatable bonds is 6. The van der Waals surface area contributed by atoms with E-state index in [0.29, 0.717) is 0 Å². The van der Waals surface area contributed by atoms with Crippen molar-refractivity contribution in [1.29, 1.82) is 0 Å². The van der Waals surface area contributed by atoms with Crippen molar-refractivity contribution in [2.75, 3.05) is 16.8 Å². The fourth-order valence-corrected chi connectivity index (χ4v) is 8.72. The summed E-state index contributed by atoms with van der Waals surface area (Å²) in [5.41, 5.74) is 18.5. The first kappa shape index (κ1) is 30.2. The molecule has 8 aromatic carbocycles. The molecule has 8 aromatic rings. The Morgan fingerprint density at radius 2 is 0.673 bits per heavy atom. The highest BCUT2D eigenvalue weighted by molar-refractivity contribution is 5.95. The van der Waals surface area contributed by atoms with Crippen molar-refractivity contribution in [2.24, 2.45) is 0 Å². The molecule has 246 valence electrons. The van der Waals surface area contributed by atoms with Crippen molar-refractivity contribution >= 4 is 28.4 Å². The normalized spacial score (nSPS) is 12.9. The van der Waals surface area contributed by atoms with Crippen molar-refractivity contribution in [2.45, 2.75) is 5.41 Å². The van der Waals surface area contributed by atoms with E-state index in [4.69, 9.17) is 0 Å². The van der Waals surface area contributed by atoms with Crippen molar-refractivity contribution in [3.63, 3.8) is 0 Å². The molecule has 1 spiro atoms. The standard InChI is InChI=1S/C50H36N2/c1-51(37-28-24-35(25-29-37)36-26-30-40(31-27-36)52(38-14-4-2-5-15-38)39-16-6-3-7-17-39)41-32-33-45-44-20-10-13-23-48(44)50(49(45)34-41)46-21-11-8-18-42(46)43-19-9-12-22-47(43)50/h2-34H,1H3. The van der Waals surface area contributed by atoms with Gasteiger partial charge in [0.25, 0.3) is 0 Å². The van der Waals surface area contributed by atoms with Gasteiger partial charge in [0.05, 0.1) is 5.41 Å². The highest BCUT2D eigenvalue weighted by atomic mass is 15.1. The molecule has 0 amide bonds. The third-order valence-electron chi connectivity index (χ3n) is 11.1. The molecule has 2 aliphatic carbocycles. The van der Waals surface area contributed by atoms with Gasteiger partial charge in [0.2, 0.25) is 0 Å². The Morgan fingerprint density at radius 3 is 1.15 bits per heavy atom. The molecular weight excluding hydrogens is 629 g/mol. The van der Waals surface area contributed by atoms with Gasteiger partial charge in [-0.3, -0.25) is 0 Å². The molecule has 2 heteroatoms. The third-order valence-corrected chi connectivity index (χ3v) is 11.1. The summed E-state index contributed by atoms with van der Waals surface area (Å²) in [5.74, 6) is 0. The van der Waals surface area contributed by atoms with Crippen LogP contribution >= 0.6 is 0 Å². The molecule has 0 unspecified atom stereocenters. The van der Waals surface area contributed by atoms with E-state index in [1.165, 1.54) is 61.3 Å². The molecule has 2 aliphatic rings. The van der Waals surface area contributed by atoms with Crippen LogP contribution in [0.2, 0.25) is 0 Å². The summed E-state index contributed by atoms with van der Waals surface area (Å²) in [6, 6.07) is 72.9. The van der Waals surface area contributed by atoms with Gasteiger partial charge >= 0.3 is 0 Å². The van der Waals surface area contributed by atoms with E-state index >= 15 is 0 Å². The van der Waals surface area contributed by atoms with E-state index in [2.05, 4.69) is 217 Å². The topological polar surface area (TPSA) is 6.48 Å². The first-order chi connectivity index (χ1) is 25.7. The molecule has 0 heterocycles. The van der Waals surface area contributed by atoms with Gasteiger partial charge in [-0.05, 0) is 116 Å². The summed E-state index contributed by atoms with van der Waals surface area (Å²) in [4.78, 5) is 4.61. The van der Waals surface area contributed by atoms with Crippen molar-refractivity contribution in [1.82, 2.24) is 0 Å². The molecular formula is C50H36N2. The quantitative estimate of drug-likeness (QED) is 0.175. The molecule has 0 radical (unpaired) electrons. The molecule has 0 aromatic heterocycles. The lowest BCUT2D eigenvalue weighted by atomic mass is 9.70. The van der Waals surface area contributed by atoms with E-state index in [1.807, 2.05) is 0 Å². The smallest absolute Gasteiger partial charge is 0.0726 e. The predicted molar refractivity (Wildman–Crippen MR) is 217 cm³/mol. The Labute approximate surface area is 305 Å². The van der Waals surface area contributed by atoms with Crippen LogP contribution in [-0.4, -0.2) is 7.05 Å². The molecule has 0 fully saturated rings. The minimum Gasteiger partial charge on any atom is -0.345 e. The summed E-state index contributed by atoms with van der Waals surface area (Å²) in [6.07, 6.45) is 0. The number of anilines is 5. The van der Waals surface area contributed by atoms with Gasteiger partial charge in [-0.25, -0.2) is 0 Å². The maximum Gasteiger partial charge on any atom is 0.0726 e. The molecule has 0 saturated carbocycles. The molecule has 2 nitrogen and oxygen atoms in total. The molecule has 0 N–H and O–H groups in total. The molecule has 0 atom stereocenters. The Morgan fingerprint density at radius 1 is 0.308 bits per heavy atom. The first-order valence-electron chi connectivity index (χ1n) is 18.0. The molecule has 0 saturated heterocycles. The number of nitrogens with zero attached hydrogens (tertiary/aromatic N) is 2. The van der Waals surface area contributed by atoms with Crippen LogP contribution in [0, 0.1) is 0 Å². The Hall–Kier alpha value is -6.64. The maximum absolute atomic E-state index is 2.44. The largest absolute Gasteiger partial charge is 0.345 e. The second kappa shape index (κ2) is 12.0. The Balaban J connectivity index is 0.990. The molecule has 0 bridgehead atoms. The number of hydrogen-bond acceptors (Lipinski definition) is 2. The fraction of sp³-hybridized carbons (Fsp3) is 0.0400. The Bertz CT molecular complexity index is 2470. The Kier molecular flexibility index (Phi) is 6.97. The van der Waals surface area contributed by atoms with Gasteiger partial charge in [0.15, 0.2) is 0 Å². The summed E-state index contributed by atoms with van der Waals surface area (Å²) in [7, 11) is 2.18. The zero-order valence-corrected chi connectivity index (χ0v) is 28.9. The summed E-state index contributed by atoms with van der Waals surface area (Å²) >= 11 is 0. The fourth-order valence-electron chi connectivity index (χ4n) is 8.72. The maximum atomic E-state index is 2.44. The van der Waals surface area contributed by atoms with Crippen molar-refractivity contribution in [3.8, 4) is 33.4 Å². The van der Waals surface area contributed by atoms with E-state index in [9.17, 15) is 0 Å². The lowest BCUT2D eigenvalue weighted by Crippen LogP contribution is -2.26. The monoisotopic (exact) mass is 664 g/mol. The van der Waals surface area contributed by atoms with Crippen LogP contribution in [0.4, 0.5) is 28.4 Å². The highest BCUT2D eigenvalue weighted by Gasteiger charge is 2.51. The van der Waals surface area contributed by atoms with Crippen LogP contribution < -0.4 is 9.80 Å². The summed E-state index contributed by atoms with van der Waals surface area (Å²) in [5, 5.41) is 0. The van der Waals surface area contributed by atoms with Crippen LogP contribution in [0.15, 0.2) is 200 Å². The van der Waals surface area contributed by atoms with Crippen LogP contribution in [0.25, 0.3) is 33.4 Å². The second-order valence-corrected chi connectivity index (χ2v) is 13.8. The van der Waals surface area contributed by atoms with Crippen LogP contribution in [0.5, 0.6) is 0 Å². The second-order valence-electron chi connectivity index (χ2n) is 13.8. The van der Waals surface area contributed by atoms with Gasteiger partial charge in [0, 0.05) is 35.5 Å². The van der Waals surface area contributed by atoms with Gasteiger partial charge < -0.3 is 9.80 Å². The average Bonchev–Trinajstić information content (AvgIpc) is 3.69. The van der Waals surface area contributed by atoms with E-state index < -0.39 is 0 Å². The lowest BCUT2D eigenvalue weighted by molar-refractivity contribution is 0.793. The van der Waals surface area contributed by atoms with Gasteiger partial charge in [0.1, 0.15) is 0 Å². The molecule has 0 aliphatic heterocycles. The first-order valence-corrected chi connectivity index (χ1v) is 18.0. The summed E-state index contributed by atoms with van der Waals surface area (Å²) in [6.45, 7) is 0. The average molecular weight is 665 g/mol. The van der Waals surface area contributed by atoms with E-state index in [-0.39, 0.29) is 5.41 Å². The zero-order valence-electron chi connectivity index (χ0n) is 28.9. The number of fused-ring (bicyclic) bond motifs is 10. The number of hydrogen-bond donors (Lipinski definition) is 0.